The smallest absolute Gasteiger partial charge is 0.253 e. The third kappa shape index (κ3) is 6.37. The van der Waals surface area contributed by atoms with Crippen LogP contribution in [0.2, 0.25) is 5.02 Å². The molecule has 0 radical (unpaired) electrons. The van der Waals surface area contributed by atoms with Crippen LogP contribution in [0, 0.1) is 5.92 Å². The van der Waals surface area contributed by atoms with Crippen molar-refractivity contribution >= 4 is 46.6 Å². The number of benzene rings is 2. The molecular formula is C25H28ClN3O3S. The fourth-order valence-corrected chi connectivity index (χ4v) is 5.31. The number of carbonyl (C=O) groups excluding carboxylic acids is 3. The van der Waals surface area contributed by atoms with Gasteiger partial charge in [0, 0.05) is 52.4 Å². The third-order valence-corrected chi connectivity index (χ3v) is 7.34. The maximum absolute atomic E-state index is 12.7. The van der Waals surface area contributed by atoms with Gasteiger partial charge in [0.05, 0.1) is 6.54 Å². The molecule has 0 atom stereocenters. The van der Waals surface area contributed by atoms with Gasteiger partial charge in [-0.25, -0.2) is 0 Å². The fourth-order valence-electron chi connectivity index (χ4n) is 4.29. The largest absolute Gasteiger partial charge is 0.337 e. The first-order chi connectivity index (χ1) is 16.0. The number of hydrogen-bond acceptors (Lipinski definition) is 5. The number of anilines is 1. The van der Waals surface area contributed by atoms with Crippen molar-refractivity contribution < 1.29 is 14.4 Å². The molecular weight excluding hydrogens is 458 g/mol. The van der Waals surface area contributed by atoms with Gasteiger partial charge < -0.3 is 10.2 Å². The second-order valence-corrected chi connectivity index (χ2v) is 10.1. The van der Waals surface area contributed by atoms with E-state index in [0.717, 1.165) is 37.4 Å². The Bertz CT molecular complexity index is 1000. The summed E-state index contributed by atoms with van der Waals surface area (Å²) < 4.78 is 0. The molecule has 2 fully saturated rings. The number of ketones is 1. The van der Waals surface area contributed by atoms with E-state index in [1.165, 1.54) is 0 Å². The van der Waals surface area contributed by atoms with E-state index in [2.05, 4.69) is 10.2 Å². The molecule has 2 aliphatic heterocycles. The minimum Gasteiger partial charge on any atom is -0.337 e. The zero-order valence-electron chi connectivity index (χ0n) is 18.5. The minimum absolute atomic E-state index is 0.0128. The number of hydrogen-bond donors (Lipinski definition) is 1. The Kier molecular flexibility index (Phi) is 8.06. The molecule has 174 valence electrons. The van der Waals surface area contributed by atoms with Gasteiger partial charge in [-0.1, -0.05) is 17.7 Å². The van der Waals surface area contributed by atoms with Gasteiger partial charge in [0.15, 0.2) is 5.78 Å². The molecule has 2 aromatic rings. The first-order valence-corrected chi connectivity index (χ1v) is 12.8. The standard InChI is InChI=1S/C25H28ClN3O3S/c26-21-6-4-18(5-7-21)24(31)19-8-10-28(11-9-19)17-23(30)27-22-3-1-2-20(16-22)25(32)29-12-14-33-15-13-29/h1-7,16,19H,8-15,17H2,(H,27,30). The van der Waals surface area contributed by atoms with Crippen LogP contribution in [0.25, 0.3) is 0 Å². The highest BCUT2D eigenvalue weighted by molar-refractivity contribution is 7.99. The van der Waals surface area contributed by atoms with E-state index in [9.17, 15) is 14.4 Å². The molecule has 33 heavy (non-hydrogen) atoms. The zero-order valence-corrected chi connectivity index (χ0v) is 20.0. The van der Waals surface area contributed by atoms with Crippen LogP contribution in [0.1, 0.15) is 33.6 Å². The van der Waals surface area contributed by atoms with Gasteiger partial charge in [-0.2, -0.15) is 11.8 Å². The van der Waals surface area contributed by atoms with E-state index in [4.69, 9.17) is 11.6 Å². The minimum atomic E-state index is -0.114. The number of rotatable bonds is 6. The second-order valence-electron chi connectivity index (χ2n) is 8.46. The molecule has 2 amide bonds. The van der Waals surface area contributed by atoms with Gasteiger partial charge in [-0.15, -0.1) is 0 Å². The van der Waals surface area contributed by atoms with Crippen molar-refractivity contribution in [3.63, 3.8) is 0 Å². The highest BCUT2D eigenvalue weighted by Gasteiger charge is 2.27. The van der Waals surface area contributed by atoms with E-state index in [1.807, 2.05) is 16.7 Å². The molecule has 6 nitrogen and oxygen atoms in total. The van der Waals surface area contributed by atoms with E-state index in [0.29, 0.717) is 34.9 Å². The average Bonchev–Trinajstić information content (AvgIpc) is 2.85. The van der Waals surface area contributed by atoms with E-state index >= 15 is 0 Å². The Morgan fingerprint density at radius 1 is 0.939 bits per heavy atom. The quantitative estimate of drug-likeness (QED) is 0.625. The van der Waals surface area contributed by atoms with Gasteiger partial charge in [0.1, 0.15) is 0 Å². The first-order valence-electron chi connectivity index (χ1n) is 11.3. The van der Waals surface area contributed by atoms with Crippen LogP contribution >= 0.6 is 23.4 Å². The topological polar surface area (TPSA) is 69.7 Å². The molecule has 4 rings (SSSR count). The summed E-state index contributed by atoms with van der Waals surface area (Å²) in [6, 6.07) is 14.2. The highest BCUT2D eigenvalue weighted by atomic mass is 35.5. The summed E-state index contributed by atoms with van der Waals surface area (Å²) in [7, 11) is 0. The summed E-state index contributed by atoms with van der Waals surface area (Å²) >= 11 is 7.77. The van der Waals surface area contributed by atoms with E-state index < -0.39 is 0 Å². The summed E-state index contributed by atoms with van der Waals surface area (Å²) in [5.41, 5.74) is 1.92. The molecule has 2 aromatic carbocycles. The van der Waals surface area contributed by atoms with Gasteiger partial charge in [0.2, 0.25) is 5.91 Å². The van der Waals surface area contributed by atoms with E-state index in [-0.39, 0.29) is 30.1 Å². The van der Waals surface area contributed by atoms with Crippen molar-refractivity contribution in [1.82, 2.24) is 9.80 Å². The lowest BCUT2D eigenvalue weighted by atomic mass is 9.89. The van der Waals surface area contributed by atoms with Crippen LogP contribution in [0.5, 0.6) is 0 Å². The molecule has 2 heterocycles. The van der Waals surface area contributed by atoms with Gasteiger partial charge in [0.25, 0.3) is 5.91 Å². The van der Waals surface area contributed by atoms with Crippen molar-refractivity contribution in [1.29, 1.82) is 0 Å². The van der Waals surface area contributed by atoms with Crippen molar-refractivity contribution in [2.45, 2.75) is 12.8 Å². The van der Waals surface area contributed by atoms with Crippen LogP contribution in [0.15, 0.2) is 48.5 Å². The number of Topliss-reactive ketones (excluding diaryl/α,β-unsaturated/α-hetero) is 1. The number of carbonyl (C=O) groups is 3. The lowest BCUT2D eigenvalue weighted by Gasteiger charge is -2.30. The molecule has 0 unspecified atom stereocenters. The Labute approximate surface area is 203 Å². The number of halogens is 1. The van der Waals surface area contributed by atoms with Crippen molar-refractivity contribution in [3.8, 4) is 0 Å². The molecule has 8 heteroatoms. The normalized spacial score (nSPS) is 17.5. The number of amides is 2. The fraction of sp³-hybridized carbons (Fsp3) is 0.400. The average molecular weight is 486 g/mol. The van der Waals surface area contributed by atoms with Gasteiger partial charge in [-0.3, -0.25) is 19.3 Å². The van der Waals surface area contributed by atoms with Crippen molar-refractivity contribution in [2.24, 2.45) is 5.92 Å². The molecule has 0 saturated carbocycles. The summed E-state index contributed by atoms with van der Waals surface area (Å²) in [5.74, 6) is 1.94. The molecule has 2 saturated heterocycles. The third-order valence-electron chi connectivity index (χ3n) is 6.15. The monoisotopic (exact) mass is 485 g/mol. The van der Waals surface area contributed by atoms with Crippen molar-refractivity contribution in [2.75, 3.05) is 49.5 Å². The summed E-state index contributed by atoms with van der Waals surface area (Å²) in [4.78, 5) is 42.0. The molecule has 2 aliphatic rings. The Hall–Kier alpha value is -2.35. The molecule has 1 N–H and O–H groups in total. The Morgan fingerprint density at radius 3 is 2.33 bits per heavy atom. The SMILES string of the molecule is O=C(CN1CCC(C(=O)c2ccc(Cl)cc2)CC1)Nc1cccc(C(=O)N2CCSCC2)c1. The number of likely N-dealkylation sites (tertiary alicyclic amines) is 1. The molecule has 0 bridgehead atoms. The maximum atomic E-state index is 12.7. The predicted octanol–water partition coefficient (Wildman–Crippen LogP) is 4.06. The lowest BCUT2D eigenvalue weighted by Crippen LogP contribution is -2.40. The molecule has 0 aromatic heterocycles. The number of nitrogens with zero attached hydrogens (tertiary/aromatic N) is 2. The summed E-state index contributed by atoms with van der Waals surface area (Å²) in [6.07, 6.45) is 1.46. The lowest BCUT2D eigenvalue weighted by molar-refractivity contribution is -0.117. The molecule has 0 aliphatic carbocycles. The highest BCUT2D eigenvalue weighted by Crippen LogP contribution is 2.23. The summed E-state index contributed by atoms with van der Waals surface area (Å²) in [5, 5.41) is 3.54. The second kappa shape index (κ2) is 11.2. The summed E-state index contributed by atoms with van der Waals surface area (Å²) in [6.45, 7) is 3.18. The van der Waals surface area contributed by atoms with Crippen LogP contribution in [-0.2, 0) is 4.79 Å². The van der Waals surface area contributed by atoms with Gasteiger partial charge >= 0.3 is 0 Å². The van der Waals surface area contributed by atoms with Crippen LogP contribution in [0.4, 0.5) is 5.69 Å². The van der Waals surface area contributed by atoms with Crippen LogP contribution in [-0.4, -0.2) is 71.6 Å². The number of piperidine rings is 1. The Balaban J connectivity index is 1.26. The van der Waals surface area contributed by atoms with Crippen LogP contribution in [0.3, 0.4) is 0 Å². The van der Waals surface area contributed by atoms with Gasteiger partial charge in [-0.05, 0) is 68.4 Å². The predicted molar refractivity (Wildman–Crippen MR) is 133 cm³/mol. The zero-order chi connectivity index (χ0) is 23.2. The maximum Gasteiger partial charge on any atom is 0.253 e. The number of nitrogens with one attached hydrogen (secondary N) is 1. The van der Waals surface area contributed by atoms with Crippen LogP contribution < -0.4 is 5.32 Å². The Morgan fingerprint density at radius 2 is 1.64 bits per heavy atom. The number of thioether (sulfide) groups is 1. The molecule has 0 spiro atoms. The first kappa shape index (κ1) is 23.8. The van der Waals surface area contributed by atoms with Crippen molar-refractivity contribution in [3.05, 3.63) is 64.7 Å². The van der Waals surface area contributed by atoms with E-state index in [1.54, 1.807) is 48.5 Å².